The summed E-state index contributed by atoms with van der Waals surface area (Å²) in [5.74, 6) is 0.186. The van der Waals surface area contributed by atoms with Crippen molar-refractivity contribution in [3.63, 3.8) is 0 Å². The monoisotopic (exact) mass is 763 g/mol. The van der Waals surface area contributed by atoms with Crippen LogP contribution in [0.25, 0.3) is 0 Å². The molecule has 52 heavy (non-hydrogen) atoms. The normalized spacial score (nSPS) is 18.9. The maximum absolute atomic E-state index is 13.5. The van der Waals surface area contributed by atoms with Gasteiger partial charge in [-0.2, -0.15) is 8.42 Å². The molecule has 0 bridgehead atoms. The third-order valence-electron chi connectivity index (χ3n) is 10.7. The van der Waals surface area contributed by atoms with Crippen LogP contribution in [0.3, 0.4) is 0 Å². The lowest BCUT2D eigenvalue weighted by atomic mass is 9.70. The molecule has 2 saturated heterocycles. The Labute approximate surface area is 318 Å². The third-order valence-corrected chi connectivity index (χ3v) is 12.3. The second kappa shape index (κ2) is 17.4. The zero-order valence-corrected chi connectivity index (χ0v) is 32.1. The van der Waals surface area contributed by atoms with Crippen LogP contribution in [0.2, 0.25) is 10.0 Å². The average molecular weight is 765 g/mol. The van der Waals surface area contributed by atoms with E-state index in [0.717, 1.165) is 75.8 Å². The molecule has 0 spiro atoms. The molecule has 2 aliphatic rings. The predicted octanol–water partition coefficient (Wildman–Crippen LogP) is 8.35. The number of amides is 2. The first-order valence-corrected chi connectivity index (χ1v) is 19.9. The smallest absolute Gasteiger partial charge is 0.294 e. The molecule has 0 aromatic heterocycles. The second-order valence-corrected chi connectivity index (χ2v) is 16.1. The fraction of sp³-hybridized carbons (Fsp3) is 0.366. The summed E-state index contributed by atoms with van der Waals surface area (Å²) >= 11 is 12.8. The Morgan fingerprint density at radius 1 is 0.788 bits per heavy atom. The van der Waals surface area contributed by atoms with Crippen molar-refractivity contribution < 1.29 is 22.6 Å². The summed E-state index contributed by atoms with van der Waals surface area (Å²) in [6.45, 7) is 5.93. The molecule has 0 unspecified atom stereocenters. The Bertz CT molecular complexity index is 1910. The van der Waals surface area contributed by atoms with Crippen molar-refractivity contribution in [1.82, 2.24) is 14.7 Å². The largest absolute Gasteiger partial charge is 0.338 e. The van der Waals surface area contributed by atoms with Crippen molar-refractivity contribution in [3.8, 4) is 0 Å². The van der Waals surface area contributed by atoms with Crippen molar-refractivity contribution in [1.29, 1.82) is 0 Å². The number of benzene rings is 4. The minimum absolute atomic E-state index is 0.0741. The molecule has 8 nitrogen and oxygen atoms in total. The first-order valence-electron chi connectivity index (χ1n) is 17.7. The molecule has 2 fully saturated rings. The third kappa shape index (κ3) is 9.43. The van der Waals surface area contributed by atoms with E-state index in [0.29, 0.717) is 16.6 Å². The SMILES string of the molecule is CC(=O)N(C)C1(c2ccccc2)CCN(CCC[C@]2(c3ccc(Cl)c(Cl)c3)CCCN(C(=O)c3ccccc3)C2)CC1.O=S(=O)(O)c1ccccc1. The van der Waals surface area contributed by atoms with Gasteiger partial charge in [0, 0.05) is 51.1 Å². The summed E-state index contributed by atoms with van der Waals surface area (Å²) in [4.78, 5) is 32.4. The van der Waals surface area contributed by atoms with E-state index in [1.54, 1.807) is 25.1 Å². The standard InChI is InChI=1S/C35H41Cl2N3O2.C6H6O3S/c1-27(41)38(2)35(29-13-7-4-8-14-29)19-23-39(24-20-35)21-9-17-34(30-15-16-31(36)32(37)25-30)18-10-22-40(26-34)33(42)28-11-5-3-6-12-28;7-10(8,9)6-4-2-1-3-5-6/h3-8,11-16,25H,9-10,17-24,26H2,1-2H3;1-5H,(H,7,8,9)/t34-;/m0./s1. The fourth-order valence-corrected chi connectivity index (χ4v) is 8.53. The molecule has 4 aromatic rings. The molecule has 1 N–H and O–H groups in total. The van der Waals surface area contributed by atoms with Gasteiger partial charge in [-0.05, 0) is 92.6 Å². The van der Waals surface area contributed by atoms with Gasteiger partial charge in [0.2, 0.25) is 5.91 Å². The number of rotatable bonds is 9. The van der Waals surface area contributed by atoms with Crippen LogP contribution in [0.1, 0.15) is 66.9 Å². The van der Waals surface area contributed by atoms with E-state index in [-0.39, 0.29) is 27.7 Å². The number of likely N-dealkylation sites (tertiary alicyclic amines) is 2. The van der Waals surface area contributed by atoms with Crippen molar-refractivity contribution in [2.75, 3.05) is 39.8 Å². The van der Waals surface area contributed by atoms with Gasteiger partial charge in [-0.1, -0.05) is 96.0 Å². The van der Waals surface area contributed by atoms with Gasteiger partial charge in [0.1, 0.15) is 0 Å². The highest BCUT2D eigenvalue weighted by molar-refractivity contribution is 7.85. The summed E-state index contributed by atoms with van der Waals surface area (Å²) in [5.41, 5.74) is 2.65. The maximum atomic E-state index is 13.5. The minimum atomic E-state index is -4.00. The van der Waals surface area contributed by atoms with Gasteiger partial charge in [-0.3, -0.25) is 14.1 Å². The summed E-state index contributed by atoms with van der Waals surface area (Å²) in [6.07, 6.45) is 5.73. The number of carbonyl (C=O) groups excluding carboxylic acids is 2. The fourth-order valence-electron chi connectivity index (χ4n) is 7.73. The minimum Gasteiger partial charge on any atom is -0.338 e. The first kappa shape index (κ1) is 39.5. The van der Waals surface area contributed by atoms with Crippen LogP contribution in [0, 0.1) is 0 Å². The lowest BCUT2D eigenvalue weighted by molar-refractivity contribution is -0.136. The van der Waals surface area contributed by atoms with E-state index in [2.05, 4.69) is 35.2 Å². The molecule has 2 amide bonds. The predicted molar refractivity (Wildman–Crippen MR) is 207 cm³/mol. The van der Waals surface area contributed by atoms with Gasteiger partial charge >= 0.3 is 0 Å². The molecule has 1 atom stereocenters. The van der Waals surface area contributed by atoms with Crippen LogP contribution >= 0.6 is 23.2 Å². The van der Waals surface area contributed by atoms with E-state index in [1.807, 2.05) is 65.4 Å². The van der Waals surface area contributed by atoms with Crippen molar-refractivity contribution >= 4 is 45.1 Å². The highest BCUT2D eigenvalue weighted by Crippen LogP contribution is 2.42. The van der Waals surface area contributed by atoms with Crippen LogP contribution in [-0.4, -0.2) is 79.3 Å². The van der Waals surface area contributed by atoms with E-state index in [1.165, 1.54) is 17.7 Å². The number of halogens is 2. The van der Waals surface area contributed by atoms with Crippen LogP contribution in [0.4, 0.5) is 0 Å². The number of nitrogens with zero attached hydrogens (tertiary/aromatic N) is 3. The van der Waals surface area contributed by atoms with Gasteiger partial charge in [-0.25, -0.2) is 0 Å². The number of hydrogen-bond donors (Lipinski definition) is 1. The molecular weight excluding hydrogens is 717 g/mol. The van der Waals surface area contributed by atoms with Gasteiger partial charge < -0.3 is 14.7 Å². The Morgan fingerprint density at radius 2 is 1.38 bits per heavy atom. The lowest BCUT2D eigenvalue weighted by Crippen LogP contribution is -2.53. The van der Waals surface area contributed by atoms with Gasteiger partial charge in [0.25, 0.3) is 16.0 Å². The molecule has 276 valence electrons. The van der Waals surface area contributed by atoms with E-state index in [4.69, 9.17) is 27.8 Å². The zero-order chi connectivity index (χ0) is 37.4. The Kier molecular flexibility index (Phi) is 13.2. The first-order chi connectivity index (χ1) is 24.8. The Balaban J connectivity index is 0.000000452. The van der Waals surface area contributed by atoms with Crippen molar-refractivity contribution in [3.05, 3.63) is 136 Å². The van der Waals surface area contributed by atoms with Crippen LogP contribution < -0.4 is 0 Å². The molecule has 2 heterocycles. The zero-order valence-electron chi connectivity index (χ0n) is 29.8. The molecule has 11 heteroatoms. The van der Waals surface area contributed by atoms with Crippen LogP contribution in [0.15, 0.2) is 114 Å². The van der Waals surface area contributed by atoms with E-state index in [9.17, 15) is 18.0 Å². The molecule has 0 saturated carbocycles. The molecule has 0 radical (unpaired) electrons. The highest BCUT2D eigenvalue weighted by atomic mass is 35.5. The van der Waals surface area contributed by atoms with Crippen molar-refractivity contribution in [2.45, 2.75) is 61.3 Å². The van der Waals surface area contributed by atoms with Gasteiger partial charge in [0.05, 0.1) is 20.5 Å². The lowest BCUT2D eigenvalue weighted by Gasteiger charge is -2.48. The molecular formula is C41H47Cl2N3O5S. The number of carbonyl (C=O) groups is 2. The molecule has 2 aliphatic heterocycles. The quantitative estimate of drug-likeness (QED) is 0.172. The molecule has 4 aromatic carbocycles. The van der Waals surface area contributed by atoms with E-state index >= 15 is 0 Å². The average Bonchev–Trinajstić information content (AvgIpc) is 3.16. The topological polar surface area (TPSA) is 98.2 Å². The number of piperidine rings is 2. The summed E-state index contributed by atoms with van der Waals surface area (Å²) in [6, 6.07) is 33.5. The van der Waals surface area contributed by atoms with Crippen LogP contribution in [0.5, 0.6) is 0 Å². The Morgan fingerprint density at radius 3 is 1.94 bits per heavy atom. The van der Waals surface area contributed by atoms with E-state index < -0.39 is 10.1 Å². The maximum Gasteiger partial charge on any atom is 0.294 e. The number of hydrogen-bond acceptors (Lipinski definition) is 5. The molecule has 0 aliphatic carbocycles. The van der Waals surface area contributed by atoms with Crippen molar-refractivity contribution in [2.24, 2.45) is 0 Å². The summed E-state index contributed by atoms with van der Waals surface area (Å²) in [7, 11) is -2.06. The van der Waals surface area contributed by atoms with Gasteiger partial charge in [-0.15, -0.1) is 0 Å². The van der Waals surface area contributed by atoms with Crippen LogP contribution in [-0.2, 0) is 25.9 Å². The Hall–Kier alpha value is -3.73. The van der Waals surface area contributed by atoms with Gasteiger partial charge in [0.15, 0.2) is 0 Å². The second-order valence-electron chi connectivity index (χ2n) is 13.8. The summed E-state index contributed by atoms with van der Waals surface area (Å²) < 4.78 is 29.2. The summed E-state index contributed by atoms with van der Waals surface area (Å²) in [5, 5.41) is 1.11. The highest BCUT2D eigenvalue weighted by Gasteiger charge is 2.42. The molecule has 6 rings (SSSR count).